The summed E-state index contributed by atoms with van der Waals surface area (Å²) in [6.45, 7) is 29.6. The molecule has 3 aliphatic heterocycles. The number of urea groups is 4. The van der Waals surface area contributed by atoms with E-state index in [1.165, 1.54) is 14.7 Å². The molecule has 8 amide bonds. The molecule has 0 aromatic heterocycles. The van der Waals surface area contributed by atoms with Crippen molar-refractivity contribution in [1.82, 2.24) is 0 Å². The van der Waals surface area contributed by atoms with Gasteiger partial charge in [0.25, 0.3) is 0 Å². The number of benzene rings is 12. The van der Waals surface area contributed by atoms with Crippen LogP contribution in [0.15, 0.2) is 291 Å². The maximum absolute atomic E-state index is 14.0. The second kappa shape index (κ2) is 40.1. The van der Waals surface area contributed by atoms with Crippen LogP contribution in [-0.2, 0) is 17.2 Å². The number of amides is 8. The molecule has 12 aromatic carbocycles. The van der Waals surface area contributed by atoms with Gasteiger partial charge < -0.3 is 25.7 Å². The minimum absolute atomic E-state index is 0.346. The van der Waals surface area contributed by atoms with Crippen LogP contribution in [0, 0.1) is 50.0 Å². The molecule has 19 rings (SSSR count). The van der Waals surface area contributed by atoms with E-state index in [0.717, 1.165) is 51.4 Å². The van der Waals surface area contributed by atoms with Gasteiger partial charge in [0, 0.05) is 85.7 Å². The fraction of sp³-hybridized carbons (Fsp3) is 0.231. The summed E-state index contributed by atoms with van der Waals surface area (Å²) in [5.74, 6) is 1.72. The molecule has 4 saturated carbocycles. The van der Waals surface area contributed by atoms with Gasteiger partial charge in [0.1, 0.15) is 0 Å². The van der Waals surface area contributed by atoms with E-state index in [0.29, 0.717) is 180 Å². The molecule has 7 aliphatic rings. The lowest BCUT2D eigenvalue weighted by atomic mass is 9.89. The second-order valence-corrected chi connectivity index (χ2v) is 37.2. The van der Waals surface area contributed by atoms with Gasteiger partial charge in [-0.2, -0.15) is 0 Å². The molecule has 0 radical (unpaired) electrons. The molecular formula is C104H86Cl8N12O8. The normalized spacial score (nSPS) is 20.5. The molecule has 3 saturated heterocycles. The third kappa shape index (κ3) is 20.3. The zero-order valence-corrected chi connectivity index (χ0v) is 76.8. The van der Waals surface area contributed by atoms with Crippen molar-refractivity contribution in [2.75, 3.05) is 39.6 Å². The van der Waals surface area contributed by atoms with Crippen LogP contribution in [0.5, 0.6) is 0 Å². The molecule has 6 unspecified atom stereocenters. The Hall–Kier alpha value is -12.2. The summed E-state index contributed by atoms with van der Waals surface area (Å²) in [4.78, 5) is 80.5. The van der Waals surface area contributed by atoms with Gasteiger partial charge in [0.2, 0.25) is 0 Å². The number of nitrogens with zero attached hydrogens (tertiary/aromatic N) is 11. The van der Waals surface area contributed by atoms with Crippen molar-refractivity contribution in [3.05, 3.63) is 399 Å². The standard InChI is InChI=1S/3C26H21Cl2N3O2.C26H23Cl2N3O2/c3*1-29-21-4-2-3-18(16-21)26(33)24(15-17-5-6-17)30(22-11-7-19(27)8-12-22)25(32)31(26)23-13-9-20(28)10-14-23;1-29-22-4-2-3-18(16-22)25(32)24(15-17-5-6-17)31(23-13-9-20(28)10-14-23)26(33)30-21-11-7-19(27)8-12-21/h3*2-4,7-14,16-17,24,33H,5-6,15H2;2-4,7-14,16-17,24-25,32H,5-6,15H2,(H,30,33)/t2*24-,26?;;/m10../s1. The third-order valence-electron chi connectivity index (χ3n) is 24.8. The first kappa shape index (κ1) is 93.1. The number of carbonyl (C=O) groups is 4. The van der Waals surface area contributed by atoms with Crippen LogP contribution in [0.25, 0.3) is 19.4 Å². The van der Waals surface area contributed by atoms with Gasteiger partial charge in [0.15, 0.2) is 39.9 Å². The minimum atomic E-state index is -1.69. The van der Waals surface area contributed by atoms with Crippen molar-refractivity contribution in [2.45, 2.75) is 124 Å². The number of anilines is 8. The Morgan fingerprint density at radius 3 is 0.894 bits per heavy atom. The fourth-order valence-corrected chi connectivity index (χ4v) is 18.6. The van der Waals surface area contributed by atoms with Gasteiger partial charge in [-0.1, -0.05) is 223 Å². The highest BCUT2D eigenvalue weighted by molar-refractivity contribution is 6.33. The van der Waals surface area contributed by atoms with Crippen LogP contribution in [0.1, 0.15) is 105 Å². The van der Waals surface area contributed by atoms with Crippen molar-refractivity contribution in [3.63, 3.8) is 0 Å². The molecule has 8 atom stereocenters. The Balaban J connectivity index is 0.000000128. The first-order valence-corrected chi connectivity index (χ1v) is 46.0. The molecular weight excluding hydrogens is 1830 g/mol. The van der Waals surface area contributed by atoms with Gasteiger partial charge >= 0.3 is 24.1 Å². The van der Waals surface area contributed by atoms with Crippen molar-refractivity contribution in [1.29, 1.82) is 0 Å². The Kier molecular flexibility index (Phi) is 28.3. The molecule has 666 valence electrons. The van der Waals surface area contributed by atoms with Crippen molar-refractivity contribution >= 4 is 185 Å². The monoisotopic (exact) mass is 1910 g/mol. The van der Waals surface area contributed by atoms with Crippen molar-refractivity contribution < 1.29 is 39.6 Å². The van der Waals surface area contributed by atoms with E-state index >= 15 is 0 Å². The number of halogens is 8. The molecule has 5 N–H and O–H groups in total. The van der Waals surface area contributed by atoms with Crippen LogP contribution >= 0.6 is 92.8 Å². The number of nitrogens with one attached hydrogen (secondary N) is 1. The minimum Gasteiger partial charge on any atom is -0.386 e. The van der Waals surface area contributed by atoms with Crippen LogP contribution in [-0.4, -0.2) is 68.7 Å². The first-order chi connectivity index (χ1) is 63.7. The number of hydrogen-bond donors (Lipinski definition) is 5. The number of rotatable bonds is 22. The predicted octanol–water partition coefficient (Wildman–Crippen LogP) is 28.5. The first-order valence-electron chi connectivity index (χ1n) is 43.0. The summed E-state index contributed by atoms with van der Waals surface area (Å²) in [6, 6.07) is 79.4. The Labute approximate surface area is 805 Å². The molecule has 7 fully saturated rings. The number of carbonyl (C=O) groups excluding carboxylic acids is 4. The summed E-state index contributed by atoms with van der Waals surface area (Å²) in [7, 11) is 0. The van der Waals surface area contributed by atoms with E-state index in [1.807, 2.05) is 0 Å². The van der Waals surface area contributed by atoms with E-state index in [-0.39, 0.29) is 24.1 Å². The molecule has 28 heteroatoms. The molecule has 132 heavy (non-hydrogen) atoms. The van der Waals surface area contributed by atoms with Crippen molar-refractivity contribution in [3.8, 4) is 0 Å². The van der Waals surface area contributed by atoms with E-state index in [9.17, 15) is 39.6 Å². The van der Waals surface area contributed by atoms with Gasteiger partial charge in [-0.15, -0.1) is 0 Å². The maximum Gasteiger partial charge on any atom is 0.332 e. The maximum atomic E-state index is 14.0. The Morgan fingerprint density at radius 1 is 0.356 bits per heavy atom. The SMILES string of the molecule is [C-]#[N+]c1cccc(C(O)C(CC2CC2)N(C(=O)Nc2ccc(Cl)cc2)c2ccc(Cl)cc2)c1.[C-]#[N+]c1cccc(C2(O)C(CC3CC3)N(c3ccc(Cl)cc3)C(=O)N2c2ccc(Cl)cc2)c1.[C-]#[N+]c1cccc(C2(O)[C@@H](CC3CC3)N(c3ccc(Cl)cc3)C(=O)N2c2ccc(Cl)cc2)c1.[C-]#[N+]c1cccc(C2(O)[C@H](CC3CC3)N(c3ccc(Cl)cc3)C(=O)N2c2ccc(Cl)cc2)c1. The predicted molar refractivity (Wildman–Crippen MR) is 526 cm³/mol. The van der Waals surface area contributed by atoms with E-state index < -0.39 is 47.4 Å². The number of hydrogen-bond acceptors (Lipinski definition) is 8. The third-order valence-corrected chi connectivity index (χ3v) is 26.8. The molecule has 0 spiro atoms. The summed E-state index contributed by atoms with van der Waals surface area (Å²) in [5, 5.41) is 56.2. The molecule has 20 nitrogen and oxygen atoms in total. The number of aliphatic hydroxyl groups excluding tert-OH is 1. The van der Waals surface area contributed by atoms with E-state index in [2.05, 4.69) is 24.7 Å². The van der Waals surface area contributed by atoms with Crippen LogP contribution in [0.2, 0.25) is 40.2 Å². The lowest BCUT2D eigenvalue weighted by Crippen LogP contribution is -2.50. The topological polar surface area (TPSA) is 201 Å². The summed E-state index contributed by atoms with van der Waals surface area (Å²) in [6.07, 6.45) is 10.1. The van der Waals surface area contributed by atoms with Crippen LogP contribution < -0.4 is 39.6 Å². The Morgan fingerprint density at radius 2 is 0.614 bits per heavy atom. The van der Waals surface area contributed by atoms with Gasteiger partial charge in [-0.05, 0) is 284 Å². The van der Waals surface area contributed by atoms with Crippen LogP contribution in [0.3, 0.4) is 0 Å². The van der Waals surface area contributed by atoms with Gasteiger partial charge in [-0.3, -0.25) is 34.3 Å². The smallest absolute Gasteiger partial charge is 0.332 e. The highest BCUT2D eigenvalue weighted by Gasteiger charge is 2.63. The van der Waals surface area contributed by atoms with Gasteiger partial charge in [0.05, 0.1) is 56.6 Å². The summed E-state index contributed by atoms with van der Waals surface area (Å²) >= 11 is 48.7. The summed E-state index contributed by atoms with van der Waals surface area (Å²) < 4.78 is 0. The lowest BCUT2D eigenvalue weighted by Gasteiger charge is -2.37. The average molecular weight is 1920 g/mol. The quantitative estimate of drug-likeness (QED) is 0.0412. The average Bonchev–Trinajstić information content (AvgIpc) is 1.56. The molecule has 3 heterocycles. The van der Waals surface area contributed by atoms with Gasteiger partial charge in [-0.25, -0.2) is 38.6 Å². The number of aliphatic hydroxyl groups is 4. The fourth-order valence-electron chi connectivity index (χ4n) is 17.6. The zero-order chi connectivity index (χ0) is 92.9. The largest absolute Gasteiger partial charge is 0.386 e. The highest BCUT2D eigenvalue weighted by Crippen LogP contribution is 2.55. The van der Waals surface area contributed by atoms with E-state index in [1.54, 1.807) is 311 Å². The molecule has 4 aliphatic carbocycles. The lowest BCUT2D eigenvalue weighted by molar-refractivity contribution is 0.0273. The molecule has 12 aromatic rings. The van der Waals surface area contributed by atoms with Crippen LogP contribution in [0.4, 0.5) is 87.4 Å². The molecule has 0 bridgehead atoms. The summed E-state index contributed by atoms with van der Waals surface area (Å²) in [5.41, 5.74) is 3.47. The Bertz CT molecular complexity index is 5880. The highest BCUT2D eigenvalue weighted by atomic mass is 35.5. The second-order valence-electron chi connectivity index (χ2n) is 33.8. The zero-order valence-electron chi connectivity index (χ0n) is 70.8. The van der Waals surface area contributed by atoms with E-state index in [4.69, 9.17) is 119 Å². The van der Waals surface area contributed by atoms with Crippen molar-refractivity contribution in [2.24, 2.45) is 23.7 Å².